The van der Waals surface area contributed by atoms with Gasteiger partial charge in [-0.3, -0.25) is 9.48 Å². The summed E-state index contributed by atoms with van der Waals surface area (Å²) in [5.41, 5.74) is 10.7. The summed E-state index contributed by atoms with van der Waals surface area (Å²) in [6.45, 7) is 2.13. The molecule has 0 saturated heterocycles. The molecule has 2 aromatic heterocycles. The van der Waals surface area contributed by atoms with E-state index in [-0.39, 0.29) is 11.7 Å². The fourth-order valence-corrected chi connectivity index (χ4v) is 4.23. The maximum absolute atomic E-state index is 14.1. The number of benzene rings is 1. The zero-order valence-electron chi connectivity index (χ0n) is 17.7. The molecule has 1 amide bonds. The summed E-state index contributed by atoms with van der Waals surface area (Å²) in [6.07, 6.45) is 3.32. The third kappa shape index (κ3) is 3.32. The monoisotopic (exact) mass is 421 g/mol. The first-order valence-corrected chi connectivity index (χ1v) is 10.4. The second-order valence-corrected chi connectivity index (χ2v) is 8.37. The van der Waals surface area contributed by atoms with Crippen LogP contribution >= 0.6 is 0 Å². The van der Waals surface area contributed by atoms with Gasteiger partial charge in [-0.25, -0.2) is 9.37 Å². The number of nitrogens with zero attached hydrogens (tertiary/aromatic N) is 4. The van der Waals surface area contributed by atoms with Crippen molar-refractivity contribution in [2.75, 3.05) is 12.8 Å². The molecule has 0 radical (unpaired) electrons. The summed E-state index contributed by atoms with van der Waals surface area (Å²) in [5, 5.41) is 4.78. The molecule has 1 atom stereocenters. The number of aryl methyl sites for hydroxylation is 1. The highest BCUT2D eigenvalue weighted by molar-refractivity contribution is 5.95. The van der Waals surface area contributed by atoms with Crippen LogP contribution in [0.1, 0.15) is 59.1 Å². The van der Waals surface area contributed by atoms with E-state index in [4.69, 9.17) is 15.6 Å². The van der Waals surface area contributed by atoms with Gasteiger partial charge in [0, 0.05) is 48.5 Å². The number of nitrogen functional groups attached to an aromatic ring is 1. The van der Waals surface area contributed by atoms with Crippen LogP contribution in [0, 0.1) is 5.82 Å². The lowest BCUT2D eigenvalue weighted by Crippen LogP contribution is -2.29. The zero-order valence-corrected chi connectivity index (χ0v) is 17.7. The van der Waals surface area contributed by atoms with Crippen molar-refractivity contribution >= 4 is 11.7 Å². The summed E-state index contributed by atoms with van der Waals surface area (Å²) in [4.78, 5) is 19.3. The lowest BCUT2D eigenvalue weighted by Gasteiger charge is -2.24. The van der Waals surface area contributed by atoms with Crippen molar-refractivity contribution in [1.29, 1.82) is 0 Å². The maximum Gasteiger partial charge on any atom is 0.254 e. The SMILES string of the molecule is CC1Oc2cc(cnc2N)-c2c(C3CC3)nn(C)c2CN(C)C(=O)c2ccc(F)cc21. The number of ether oxygens (including phenoxy) is 1. The summed E-state index contributed by atoms with van der Waals surface area (Å²) < 4.78 is 22.0. The Labute approximate surface area is 179 Å². The number of hydrogen-bond donors (Lipinski definition) is 1. The van der Waals surface area contributed by atoms with E-state index in [1.807, 2.05) is 17.8 Å². The highest BCUT2D eigenvalue weighted by atomic mass is 19.1. The fourth-order valence-electron chi connectivity index (χ4n) is 4.23. The second kappa shape index (κ2) is 7.08. The summed E-state index contributed by atoms with van der Waals surface area (Å²) >= 11 is 0. The van der Waals surface area contributed by atoms with E-state index in [2.05, 4.69) is 4.98 Å². The normalized spacial score (nSPS) is 18.5. The van der Waals surface area contributed by atoms with Gasteiger partial charge in [0.2, 0.25) is 0 Å². The van der Waals surface area contributed by atoms with E-state index >= 15 is 0 Å². The zero-order chi connectivity index (χ0) is 21.9. The molecule has 5 rings (SSSR count). The number of carbonyl (C=O) groups is 1. The van der Waals surface area contributed by atoms with Gasteiger partial charge in [0.25, 0.3) is 5.91 Å². The van der Waals surface area contributed by atoms with Gasteiger partial charge in [-0.15, -0.1) is 0 Å². The summed E-state index contributed by atoms with van der Waals surface area (Å²) in [5.74, 6) is 0.416. The van der Waals surface area contributed by atoms with Crippen LogP contribution in [0.4, 0.5) is 10.2 Å². The smallest absolute Gasteiger partial charge is 0.254 e. The Balaban J connectivity index is 1.74. The van der Waals surface area contributed by atoms with Crippen molar-refractivity contribution in [3.05, 3.63) is 58.8 Å². The lowest BCUT2D eigenvalue weighted by molar-refractivity contribution is 0.0777. The molecule has 3 heterocycles. The first kappa shape index (κ1) is 19.5. The molecule has 31 heavy (non-hydrogen) atoms. The molecule has 2 aliphatic rings. The van der Waals surface area contributed by atoms with Gasteiger partial charge >= 0.3 is 0 Å². The lowest BCUT2D eigenvalue weighted by atomic mass is 9.99. The molecule has 1 fully saturated rings. The quantitative estimate of drug-likeness (QED) is 0.646. The number of halogens is 1. The molecular formula is C23H24FN5O2. The standard InChI is InChI=1S/C23H24FN5O2/c1-12-17-9-15(24)6-7-16(17)23(30)28(2)11-18-20(21(13-4-5-13)27-29(18)3)14-8-19(31-12)22(25)26-10-14/h6-10,12-13H,4-5,11H2,1-3H3,(H2,25,26). The number of amides is 1. The number of fused-ring (bicyclic) bond motifs is 5. The van der Waals surface area contributed by atoms with Gasteiger partial charge in [0.15, 0.2) is 11.6 Å². The molecule has 160 valence electrons. The molecule has 1 aromatic carbocycles. The minimum atomic E-state index is -0.599. The topological polar surface area (TPSA) is 86.3 Å². The van der Waals surface area contributed by atoms with E-state index in [9.17, 15) is 9.18 Å². The van der Waals surface area contributed by atoms with E-state index in [1.165, 1.54) is 18.2 Å². The predicted octanol–water partition coefficient (Wildman–Crippen LogP) is 3.81. The van der Waals surface area contributed by atoms with Crippen molar-refractivity contribution in [2.45, 2.75) is 38.3 Å². The number of anilines is 1. The van der Waals surface area contributed by atoms with E-state index in [1.54, 1.807) is 25.1 Å². The summed E-state index contributed by atoms with van der Waals surface area (Å²) in [7, 11) is 3.63. The van der Waals surface area contributed by atoms with Crippen molar-refractivity contribution < 1.29 is 13.9 Å². The predicted molar refractivity (Wildman–Crippen MR) is 114 cm³/mol. The third-order valence-electron chi connectivity index (χ3n) is 6.05. The van der Waals surface area contributed by atoms with Crippen molar-refractivity contribution in [3.8, 4) is 16.9 Å². The number of carbonyl (C=O) groups excluding carboxylic acids is 1. The van der Waals surface area contributed by atoms with Crippen molar-refractivity contribution in [3.63, 3.8) is 0 Å². The van der Waals surface area contributed by atoms with Crippen LogP contribution in [-0.4, -0.2) is 32.6 Å². The van der Waals surface area contributed by atoms with Crippen LogP contribution < -0.4 is 10.5 Å². The first-order chi connectivity index (χ1) is 14.8. The van der Waals surface area contributed by atoms with Crippen molar-refractivity contribution in [1.82, 2.24) is 19.7 Å². The minimum Gasteiger partial charge on any atom is -0.482 e. The first-order valence-electron chi connectivity index (χ1n) is 10.4. The highest BCUT2D eigenvalue weighted by Crippen LogP contribution is 2.46. The Hall–Kier alpha value is -3.42. The molecule has 3 aromatic rings. The molecule has 2 bridgehead atoms. The second-order valence-electron chi connectivity index (χ2n) is 8.37. The van der Waals surface area contributed by atoms with Gasteiger partial charge in [-0.1, -0.05) is 0 Å². The maximum atomic E-state index is 14.1. The number of aromatic nitrogens is 3. The van der Waals surface area contributed by atoms with Crippen LogP contribution in [0.15, 0.2) is 30.5 Å². The van der Waals surface area contributed by atoms with Gasteiger partial charge in [0.05, 0.1) is 17.9 Å². The van der Waals surface area contributed by atoms with Crippen LogP contribution in [0.2, 0.25) is 0 Å². The number of rotatable bonds is 1. The minimum absolute atomic E-state index is 0.207. The van der Waals surface area contributed by atoms with Crippen LogP contribution in [0.25, 0.3) is 11.1 Å². The summed E-state index contributed by atoms with van der Waals surface area (Å²) in [6, 6.07) is 6.01. The molecule has 2 N–H and O–H groups in total. The van der Waals surface area contributed by atoms with Crippen LogP contribution in [0.5, 0.6) is 5.75 Å². The van der Waals surface area contributed by atoms with Gasteiger partial charge < -0.3 is 15.4 Å². The molecule has 0 spiro atoms. The molecule has 1 aliphatic heterocycles. The Morgan fingerprint density at radius 3 is 2.74 bits per heavy atom. The molecule has 8 heteroatoms. The van der Waals surface area contributed by atoms with Gasteiger partial charge in [0.1, 0.15) is 11.9 Å². The van der Waals surface area contributed by atoms with E-state index in [0.717, 1.165) is 35.4 Å². The van der Waals surface area contributed by atoms with E-state index in [0.29, 0.717) is 29.3 Å². The Bertz CT molecular complexity index is 1200. The largest absolute Gasteiger partial charge is 0.482 e. The Morgan fingerprint density at radius 2 is 2.00 bits per heavy atom. The van der Waals surface area contributed by atoms with Crippen LogP contribution in [-0.2, 0) is 13.6 Å². The van der Waals surface area contributed by atoms with Gasteiger partial charge in [-0.05, 0) is 44.0 Å². The van der Waals surface area contributed by atoms with Crippen LogP contribution in [0.3, 0.4) is 0 Å². The molecule has 7 nitrogen and oxygen atoms in total. The molecule has 1 unspecified atom stereocenters. The average Bonchev–Trinajstić information content (AvgIpc) is 3.53. The average molecular weight is 421 g/mol. The third-order valence-corrected chi connectivity index (χ3v) is 6.05. The fraction of sp³-hybridized carbons (Fsp3) is 0.348. The Morgan fingerprint density at radius 1 is 1.23 bits per heavy atom. The van der Waals surface area contributed by atoms with Crippen molar-refractivity contribution in [2.24, 2.45) is 7.05 Å². The number of nitrogens with two attached hydrogens (primary N) is 1. The molecule has 1 saturated carbocycles. The highest BCUT2D eigenvalue weighted by Gasteiger charge is 2.33. The van der Waals surface area contributed by atoms with E-state index < -0.39 is 11.9 Å². The number of hydrogen-bond acceptors (Lipinski definition) is 5. The van der Waals surface area contributed by atoms with Gasteiger partial charge in [-0.2, -0.15) is 5.10 Å². The Kier molecular flexibility index (Phi) is 4.46. The number of pyridine rings is 1. The molecule has 1 aliphatic carbocycles. The molecular weight excluding hydrogens is 397 g/mol.